The van der Waals surface area contributed by atoms with Crippen LogP contribution < -0.4 is 5.73 Å². The van der Waals surface area contributed by atoms with Crippen LogP contribution in [0.5, 0.6) is 0 Å². The lowest BCUT2D eigenvalue weighted by Crippen LogP contribution is -2.02. The second-order valence-electron chi connectivity index (χ2n) is 3.09. The summed E-state index contributed by atoms with van der Waals surface area (Å²) in [5.41, 5.74) is 6.37. The van der Waals surface area contributed by atoms with Crippen LogP contribution in [-0.4, -0.2) is 24.5 Å². The largest absolute Gasteiger partial charge is 0.400 e. The van der Waals surface area contributed by atoms with Crippen LogP contribution in [0.15, 0.2) is 18.2 Å². The fourth-order valence-corrected chi connectivity index (χ4v) is 1.13. The van der Waals surface area contributed by atoms with Gasteiger partial charge in [0.15, 0.2) is 0 Å². The molecule has 0 aliphatic rings. The Balaban J connectivity index is 0.00000106. The van der Waals surface area contributed by atoms with Gasteiger partial charge in [-0.1, -0.05) is 13.0 Å². The molecule has 0 aliphatic heterocycles. The van der Waals surface area contributed by atoms with Gasteiger partial charge in [-0.15, -0.1) is 0 Å². The Labute approximate surface area is 93.4 Å². The van der Waals surface area contributed by atoms with E-state index in [0.29, 0.717) is 5.56 Å². The molecule has 88 valence electrons. The minimum Gasteiger partial charge on any atom is -0.400 e. The number of nitrogen functional groups attached to an aromatic ring is 1. The van der Waals surface area contributed by atoms with Gasteiger partial charge in [-0.3, -0.25) is 5.41 Å². The molecule has 0 amide bonds. The maximum absolute atomic E-state index is 12.7. The summed E-state index contributed by atoms with van der Waals surface area (Å²) in [4.78, 5) is 10.5. The Bertz CT molecular complexity index is 380. The van der Waals surface area contributed by atoms with E-state index in [9.17, 15) is 9.18 Å². The Hall–Kier alpha value is -1.75. The predicted molar refractivity (Wildman–Crippen MR) is 61.4 cm³/mol. The monoisotopic (exact) mass is 226 g/mol. The Morgan fingerprint density at radius 2 is 2.12 bits per heavy atom. The van der Waals surface area contributed by atoms with Crippen molar-refractivity contribution in [2.24, 2.45) is 0 Å². The van der Waals surface area contributed by atoms with E-state index in [4.69, 9.17) is 16.2 Å². The summed E-state index contributed by atoms with van der Waals surface area (Å²) in [5, 5.41) is 13.8. The standard InChI is InChI=1S/C10H11FN2O.CH4O/c1-6(5-14)7-2-3-9(12)8(4-7)10(11)13;1-2/h2-6,13H,12H2,1H3;2H,1H3. The van der Waals surface area contributed by atoms with Gasteiger partial charge in [-0.2, -0.15) is 4.39 Å². The average Bonchev–Trinajstić information content (AvgIpc) is 2.31. The van der Waals surface area contributed by atoms with Crippen molar-refractivity contribution < 1.29 is 14.3 Å². The van der Waals surface area contributed by atoms with E-state index < -0.39 is 5.97 Å². The third-order valence-electron chi connectivity index (χ3n) is 2.04. The molecule has 0 radical (unpaired) electrons. The van der Waals surface area contributed by atoms with Gasteiger partial charge >= 0.3 is 0 Å². The van der Waals surface area contributed by atoms with E-state index in [1.165, 1.54) is 12.1 Å². The van der Waals surface area contributed by atoms with Gasteiger partial charge in [0.25, 0.3) is 0 Å². The highest BCUT2D eigenvalue weighted by atomic mass is 19.1. The fourth-order valence-electron chi connectivity index (χ4n) is 1.13. The topological polar surface area (TPSA) is 87.2 Å². The zero-order valence-electron chi connectivity index (χ0n) is 9.20. The molecule has 1 aromatic rings. The van der Waals surface area contributed by atoms with Crippen molar-refractivity contribution >= 4 is 17.9 Å². The van der Waals surface area contributed by atoms with Crippen molar-refractivity contribution in [1.82, 2.24) is 0 Å². The molecule has 0 saturated carbocycles. The van der Waals surface area contributed by atoms with Crippen molar-refractivity contribution in [2.75, 3.05) is 12.8 Å². The number of nitrogens with two attached hydrogens (primary N) is 1. The molecule has 0 heterocycles. The zero-order valence-corrected chi connectivity index (χ0v) is 9.20. The Morgan fingerprint density at radius 3 is 2.56 bits per heavy atom. The number of carbonyl (C=O) groups is 1. The molecule has 0 aliphatic carbocycles. The first-order valence-corrected chi connectivity index (χ1v) is 4.60. The van der Waals surface area contributed by atoms with Crippen LogP contribution in [0.25, 0.3) is 0 Å². The number of halogens is 1. The minimum atomic E-state index is -1.08. The maximum atomic E-state index is 12.7. The molecular formula is C11H15FN2O2. The van der Waals surface area contributed by atoms with E-state index in [2.05, 4.69) is 0 Å². The summed E-state index contributed by atoms with van der Waals surface area (Å²) in [6.45, 7) is 1.70. The third-order valence-corrected chi connectivity index (χ3v) is 2.04. The molecule has 1 aromatic carbocycles. The molecule has 16 heavy (non-hydrogen) atoms. The molecule has 1 rings (SSSR count). The molecule has 0 fully saturated rings. The minimum absolute atomic E-state index is 0.0381. The zero-order chi connectivity index (χ0) is 12.7. The molecule has 0 aromatic heterocycles. The number of rotatable bonds is 3. The molecule has 0 saturated heterocycles. The number of carbonyl (C=O) groups excluding carboxylic acids is 1. The van der Waals surface area contributed by atoms with Gasteiger partial charge < -0.3 is 15.6 Å². The van der Waals surface area contributed by atoms with E-state index in [1.807, 2.05) is 0 Å². The number of benzene rings is 1. The van der Waals surface area contributed by atoms with E-state index >= 15 is 0 Å². The Kier molecular flexibility index (Phi) is 5.95. The van der Waals surface area contributed by atoms with E-state index in [1.54, 1.807) is 13.0 Å². The molecule has 5 heteroatoms. The van der Waals surface area contributed by atoms with Crippen molar-refractivity contribution in [1.29, 1.82) is 5.41 Å². The van der Waals surface area contributed by atoms with E-state index in [0.717, 1.165) is 13.4 Å². The van der Waals surface area contributed by atoms with Crippen LogP contribution in [-0.2, 0) is 4.79 Å². The molecule has 4 nitrogen and oxygen atoms in total. The van der Waals surface area contributed by atoms with Crippen LogP contribution in [0.4, 0.5) is 10.1 Å². The highest BCUT2D eigenvalue weighted by molar-refractivity contribution is 5.96. The Morgan fingerprint density at radius 1 is 1.56 bits per heavy atom. The number of nitrogens with one attached hydrogen (secondary N) is 1. The fraction of sp³-hybridized carbons (Fsp3) is 0.273. The van der Waals surface area contributed by atoms with Crippen LogP contribution in [0.3, 0.4) is 0 Å². The second-order valence-corrected chi connectivity index (χ2v) is 3.09. The van der Waals surface area contributed by atoms with Crippen LogP contribution in [0.2, 0.25) is 0 Å². The first kappa shape index (κ1) is 14.2. The van der Waals surface area contributed by atoms with Crippen molar-refractivity contribution in [2.45, 2.75) is 12.8 Å². The normalized spacial score (nSPS) is 11.0. The lowest BCUT2D eigenvalue weighted by atomic mass is 9.99. The molecule has 1 atom stereocenters. The van der Waals surface area contributed by atoms with Gasteiger partial charge in [0.05, 0.1) is 5.56 Å². The van der Waals surface area contributed by atoms with Crippen molar-refractivity contribution in [3.8, 4) is 0 Å². The maximum Gasteiger partial charge on any atom is 0.214 e. The summed E-state index contributed by atoms with van der Waals surface area (Å²) in [7, 11) is 1.00. The summed E-state index contributed by atoms with van der Waals surface area (Å²) in [5.74, 6) is -1.39. The third kappa shape index (κ3) is 3.43. The van der Waals surface area contributed by atoms with Crippen molar-refractivity contribution in [3.63, 3.8) is 0 Å². The van der Waals surface area contributed by atoms with Gasteiger partial charge in [0.2, 0.25) is 5.97 Å². The SMILES string of the molecule is CC(C=O)c1ccc(N)c(C(=N)F)c1.CO. The number of hydrogen-bond donors (Lipinski definition) is 3. The molecular weight excluding hydrogens is 211 g/mol. The average molecular weight is 226 g/mol. The number of hydrogen-bond acceptors (Lipinski definition) is 4. The highest BCUT2D eigenvalue weighted by Gasteiger charge is 2.09. The molecule has 0 spiro atoms. The predicted octanol–water partition coefficient (Wildman–Crippen LogP) is 1.47. The summed E-state index contributed by atoms with van der Waals surface area (Å²) in [6.07, 6.45) is 0.761. The van der Waals surface area contributed by atoms with Gasteiger partial charge in [-0.25, -0.2) is 0 Å². The number of aldehydes is 1. The first-order valence-electron chi connectivity index (χ1n) is 4.60. The smallest absolute Gasteiger partial charge is 0.214 e. The summed E-state index contributed by atoms with van der Waals surface area (Å²) >= 11 is 0. The number of anilines is 1. The summed E-state index contributed by atoms with van der Waals surface area (Å²) < 4.78 is 12.7. The molecule has 0 bridgehead atoms. The van der Waals surface area contributed by atoms with Crippen LogP contribution in [0, 0.1) is 5.41 Å². The summed E-state index contributed by atoms with van der Waals surface area (Å²) in [6, 6.07) is 4.58. The van der Waals surface area contributed by atoms with Gasteiger partial charge in [0.1, 0.15) is 6.29 Å². The number of aliphatic hydroxyl groups excluding tert-OH is 1. The first-order chi connectivity index (χ1) is 7.56. The molecule has 1 unspecified atom stereocenters. The lowest BCUT2D eigenvalue weighted by Gasteiger charge is -2.07. The van der Waals surface area contributed by atoms with Gasteiger partial charge in [-0.05, 0) is 17.7 Å². The lowest BCUT2D eigenvalue weighted by molar-refractivity contribution is -0.108. The van der Waals surface area contributed by atoms with Crippen LogP contribution >= 0.6 is 0 Å². The quantitative estimate of drug-likeness (QED) is 0.414. The number of aliphatic hydroxyl groups is 1. The van der Waals surface area contributed by atoms with Crippen LogP contribution in [0.1, 0.15) is 24.0 Å². The highest BCUT2D eigenvalue weighted by Crippen LogP contribution is 2.20. The van der Waals surface area contributed by atoms with Gasteiger partial charge in [0, 0.05) is 18.7 Å². The molecule has 4 N–H and O–H groups in total. The second kappa shape index (κ2) is 6.68. The van der Waals surface area contributed by atoms with Crippen molar-refractivity contribution in [3.05, 3.63) is 29.3 Å². The van der Waals surface area contributed by atoms with E-state index in [-0.39, 0.29) is 17.2 Å².